The molecule has 0 bridgehead atoms. The van der Waals surface area contributed by atoms with E-state index in [9.17, 15) is 4.79 Å². The van der Waals surface area contributed by atoms with E-state index in [1.54, 1.807) is 17.5 Å². The SMILES string of the molecule is Cc1ncsc1C(=O)N(C)Cc1nc(C2CCCNC2)cc(N(C)C)n1. The van der Waals surface area contributed by atoms with Crippen molar-refractivity contribution in [2.24, 2.45) is 0 Å². The summed E-state index contributed by atoms with van der Waals surface area (Å²) in [4.78, 5) is 30.6. The maximum Gasteiger partial charge on any atom is 0.265 e. The molecule has 2 aromatic heterocycles. The van der Waals surface area contributed by atoms with Gasteiger partial charge < -0.3 is 15.1 Å². The average molecular weight is 375 g/mol. The second kappa shape index (κ2) is 8.09. The lowest BCUT2D eigenvalue weighted by molar-refractivity contribution is 0.0785. The Hall–Kier alpha value is -2.06. The fourth-order valence-electron chi connectivity index (χ4n) is 3.08. The standard InChI is InChI=1S/C18H26N6OS/c1-12-17(26-11-20-12)18(25)24(4)10-15-21-14(8-16(22-15)23(2)3)13-6-5-7-19-9-13/h8,11,13,19H,5-7,9-10H2,1-4H3. The predicted molar refractivity (Wildman–Crippen MR) is 104 cm³/mol. The van der Waals surface area contributed by atoms with Gasteiger partial charge in [0.2, 0.25) is 0 Å². The van der Waals surface area contributed by atoms with Crippen LogP contribution in [0.25, 0.3) is 0 Å². The summed E-state index contributed by atoms with van der Waals surface area (Å²) < 4.78 is 0. The zero-order valence-electron chi connectivity index (χ0n) is 15.8. The molecule has 26 heavy (non-hydrogen) atoms. The first-order valence-corrected chi connectivity index (χ1v) is 9.75. The summed E-state index contributed by atoms with van der Waals surface area (Å²) in [6.07, 6.45) is 2.29. The van der Waals surface area contributed by atoms with Crippen LogP contribution in [0.1, 0.15) is 45.6 Å². The van der Waals surface area contributed by atoms with E-state index in [-0.39, 0.29) is 5.91 Å². The monoisotopic (exact) mass is 374 g/mol. The summed E-state index contributed by atoms with van der Waals surface area (Å²) in [6.45, 7) is 4.25. The van der Waals surface area contributed by atoms with Gasteiger partial charge in [0.05, 0.1) is 23.4 Å². The summed E-state index contributed by atoms with van der Waals surface area (Å²) in [5, 5.41) is 3.44. The number of thiazole rings is 1. The number of anilines is 1. The lowest BCUT2D eigenvalue weighted by atomic mass is 9.96. The smallest absolute Gasteiger partial charge is 0.265 e. The molecule has 1 atom stereocenters. The molecule has 0 saturated carbocycles. The molecule has 1 aliphatic rings. The van der Waals surface area contributed by atoms with Crippen LogP contribution in [-0.2, 0) is 6.54 Å². The van der Waals surface area contributed by atoms with Gasteiger partial charge in [0.1, 0.15) is 16.5 Å². The minimum Gasteiger partial charge on any atom is -0.363 e. The number of nitrogens with one attached hydrogen (secondary N) is 1. The van der Waals surface area contributed by atoms with E-state index in [1.807, 2.05) is 25.9 Å². The van der Waals surface area contributed by atoms with Gasteiger partial charge in [0, 0.05) is 39.7 Å². The number of amides is 1. The molecule has 3 rings (SSSR count). The predicted octanol–water partition coefficient (Wildman–Crippen LogP) is 2.05. The molecule has 8 heteroatoms. The zero-order chi connectivity index (χ0) is 18.7. The topological polar surface area (TPSA) is 74.2 Å². The average Bonchev–Trinajstić information content (AvgIpc) is 3.07. The molecule has 3 heterocycles. The van der Waals surface area contributed by atoms with E-state index in [0.717, 1.165) is 43.1 Å². The molecular weight excluding hydrogens is 348 g/mol. The number of nitrogens with zero attached hydrogens (tertiary/aromatic N) is 5. The van der Waals surface area contributed by atoms with Gasteiger partial charge >= 0.3 is 0 Å². The van der Waals surface area contributed by atoms with Crippen LogP contribution in [0, 0.1) is 6.92 Å². The lowest BCUT2D eigenvalue weighted by Crippen LogP contribution is -2.30. The largest absolute Gasteiger partial charge is 0.363 e. The van der Waals surface area contributed by atoms with E-state index in [4.69, 9.17) is 4.98 Å². The molecule has 1 fully saturated rings. The van der Waals surface area contributed by atoms with Gasteiger partial charge in [-0.3, -0.25) is 4.79 Å². The molecule has 2 aromatic rings. The number of aryl methyl sites for hydroxylation is 1. The van der Waals surface area contributed by atoms with E-state index in [2.05, 4.69) is 21.4 Å². The molecule has 1 unspecified atom stereocenters. The number of aromatic nitrogens is 3. The van der Waals surface area contributed by atoms with Crippen molar-refractivity contribution >= 4 is 23.1 Å². The number of rotatable bonds is 5. The molecule has 1 amide bonds. The summed E-state index contributed by atoms with van der Waals surface area (Å²) in [7, 11) is 5.74. The third-order valence-corrected chi connectivity index (χ3v) is 5.53. The van der Waals surface area contributed by atoms with Crippen molar-refractivity contribution in [1.82, 2.24) is 25.2 Å². The van der Waals surface area contributed by atoms with Crippen molar-refractivity contribution in [2.75, 3.05) is 39.1 Å². The third-order valence-electron chi connectivity index (χ3n) is 4.62. The van der Waals surface area contributed by atoms with Crippen molar-refractivity contribution in [2.45, 2.75) is 32.2 Å². The fourth-order valence-corrected chi connectivity index (χ4v) is 3.88. The lowest BCUT2D eigenvalue weighted by Gasteiger charge is -2.24. The minimum atomic E-state index is -0.0373. The Morgan fingerprint density at radius 1 is 1.35 bits per heavy atom. The molecule has 0 radical (unpaired) electrons. The van der Waals surface area contributed by atoms with Crippen molar-refractivity contribution in [3.63, 3.8) is 0 Å². The van der Waals surface area contributed by atoms with Gasteiger partial charge in [0.15, 0.2) is 0 Å². The van der Waals surface area contributed by atoms with Gasteiger partial charge in [-0.05, 0) is 26.3 Å². The van der Waals surface area contributed by atoms with Crippen LogP contribution in [0.2, 0.25) is 0 Å². The first-order chi connectivity index (χ1) is 12.5. The van der Waals surface area contributed by atoms with Crippen molar-refractivity contribution < 1.29 is 4.79 Å². The number of carbonyl (C=O) groups is 1. The van der Waals surface area contributed by atoms with Crippen LogP contribution in [0.3, 0.4) is 0 Å². The summed E-state index contributed by atoms with van der Waals surface area (Å²) in [6, 6.07) is 2.07. The molecule has 0 aliphatic carbocycles. The Kier molecular flexibility index (Phi) is 5.83. The van der Waals surface area contributed by atoms with Crippen LogP contribution in [0.15, 0.2) is 11.6 Å². The maximum absolute atomic E-state index is 12.7. The van der Waals surface area contributed by atoms with E-state index < -0.39 is 0 Å². The molecule has 1 aliphatic heterocycles. The highest BCUT2D eigenvalue weighted by Crippen LogP contribution is 2.24. The summed E-state index contributed by atoms with van der Waals surface area (Å²) >= 11 is 1.37. The Balaban J connectivity index is 1.82. The highest BCUT2D eigenvalue weighted by Gasteiger charge is 2.21. The molecule has 1 N–H and O–H groups in total. The zero-order valence-corrected chi connectivity index (χ0v) is 16.6. The Bertz CT molecular complexity index is 769. The van der Waals surface area contributed by atoms with Crippen LogP contribution < -0.4 is 10.2 Å². The van der Waals surface area contributed by atoms with E-state index >= 15 is 0 Å². The first-order valence-electron chi connectivity index (χ1n) is 8.87. The number of carbonyl (C=O) groups excluding carboxylic acids is 1. The van der Waals surface area contributed by atoms with Crippen molar-refractivity contribution in [1.29, 1.82) is 0 Å². The quantitative estimate of drug-likeness (QED) is 0.863. The van der Waals surface area contributed by atoms with Gasteiger partial charge in [0.25, 0.3) is 5.91 Å². The van der Waals surface area contributed by atoms with Gasteiger partial charge in [-0.1, -0.05) is 0 Å². The fraction of sp³-hybridized carbons (Fsp3) is 0.556. The normalized spacial score (nSPS) is 17.2. The highest BCUT2D eigenvalue weighted by atomic mass is 32.1. The van der Waals surface area contributed by atoms with Crippen molar-refractivity contribution in [3.05, 3.63) is 33.7 Å². The molecular formula is C18H26N6OS. The Morgan fingerprint density at radius 2 is 2.15 bits per heavy atom. The number of hydrogen-bond acceptors (Lipinski definition) is 7. The maximum atomic E-state index is 12.7. The van der Waals surface area contributed by atoms with Crippen LogP contribution in [0.5, 0.6) is 0 Å². The second-order valence-electron chi connectivity index (χ2n) is 6.93. The molecule has 1 saturated heterocycles. The molecule has 0 aromatic carbocycles. The Morgan fingerprint density at radius 3 is 2.77 bits per heavy atom. The van der Waals surface area contributed by atoms with Crippen molar-refractivity contribution in [3.8, 4) is 0 Å². The summed E-state index contributed by atoms with van der Waals surface area (Å²) in [5.41, 5.74) is 3.53. The van der Waals surface area contributed by atoms with Gasteiger partial charge in [-0.2, -0.15) is 0 Å². The van der Waals surface area contributed by atoms with Gasteiger partial charge in [-0.25, -0.2) is 15.0 Å². The van der Waals surface area contributed by atoms with E-state index in [0.29, 0.717) is 23.2 Å². The number of piperidine rings is 1. The van der Waals surface area contributed by atoms with Crippen LogP contribution in [0.4, 0.5) is 5.82 Å². The third kappa shape index (κ3) is 4.19. The molecule has 0 spiro atoms. The van der Waals surface area contributed by atoms with Crippen LogP contribution in [-0.4, -0.2) is 60.0 Å². The first kappa shape index (κ1) is 18.7. The second-order valence-corrected chi connectivity index (χ2v) is 7.79. The molecule has 140 valence electrons. The highest BCUT2D eigenvalue weighted by molar-refractivity contribution is 7.11. The minimum absolute atomic E-state index is 0.0373. The molecule has 7 nitrogen and oxygen atoms in total. The summed E-state index contributed by atoms with van der Waals surface area (Å²) in [5.74, 6) is 1.92. The number of hydrogen-bond donors (Lipinski definition) is 1. The Labute approximate surface area is 158 Å². The van der Waals surface area contributed by atoms with E-state index in [1.165, 1.54) is 11.3 Å². The van der Waals surface area contributed by atoms with Crippen LogP contribution >= 0.6 is 11.3 Å². The van der Waals surface area contributed by atoms with Gasteiger partial charge in [-0.15, -0.1) is 11.3 Å².